The normalized spacial score (nSPS) is 20.8. The van der Waals surface area contributed by atoms with Gasteiger partial charge in [-0.25, -0.2) is 0 Å². The van der Waals surface area contributed by atoms with Crippen LogP contribution >= 0.6 is 0 Å². The van der Waals surface area contributed by atoms with E-state index in [4.69, 9.17) is 4.74 Å². The van der Waals surface area contributed by atoms with Crippen LogP contribution in [0.4, 0.5) is 0 Å². The number of carboxylic acids is 1. The Morgan fingerprint density at radius 3 is 2.57 bits per heavy atom. The molecule has 0 heterocycles. The van der Waals surface area contributed by atoms with Crippen LogP contribution in [-0.4, -0.2) is 24.1 Å². The highest BCUT2D eigenvalue weighted by atomic mass is 16.5. The molecule has 2 rings (SSSR count). The SMILES string of the molecule is COc1ccccc1CNC(=O)[C@@H]1CC=CC[C@@H]1C(=O)O. The van der Waals surface area contributed by atoms with Gasteiger partial charge in [-0.1, -0.05) is 30.4 Å². The lowest BCUT2D eigenvalue weighted by molar-refractivity contribution is -0.147. The Labute approximate surface area is 123 Å². The Hall–Kier alpha value is -2.30. The highest BCUT2D eigenvalue weighted by Gasteiger charge is 2.33. The van der Waals surface area contributed by atoms with Crippen LogP contribution in [0.25, 0.3) is 0 Å². The van der Waals surface area contributed by atoms with Crippen LogP contribution in [-0.2, 0) is 16.1 Å². The van der Waals surface area contributed by atoms with E-state index < -0.39 is 17.8 Å². The molecule has 0 radical (unpaired) electrons. The lowest BCUT2D eigenvalue weighted by atomic mass is 9.82. The number of carbonyl (C=O) groups is 2. The minimum atomic E-state index is -0.920. The van der Waals surface area contributed by atoms with E-state index in [9.17, 15) is 14.7 Å². The van der Waals surface area contributed by atoms with Crippen molar-refractivity contribution in [1.29, 1.82) is 0 Å². The van der Waals surface area contributed by atoms with E-state index in [1.54, 1.807) is 7.11 Å². The van der Waals surface area contributed by atoms with Gasteiger partial charge in [0.15, 0.2) is 0 Å². The number of benzene rings is 1. The third-order valence-electron chi connectivity index (χ3n) is 3.73. The minimum absolute atomic E-state index is 0.224. The molecular weight excluding hydrogens is 270 g/mol. The Bertz CT molecular complexity index is 553. The average Bonchev–Trinajstić information content (AvgIpc) is 2.52. The first-order valence-electron chi connectivity index (χ1n) is 6.91. The first kappa shape index (κ1) is 15.1. The number of nitrogens with one attached hydrogen (secondary N) is 1. The molecule has 1 amide bonds. The Kier molecular flexibility index (Phi) is 4.98. The van der Waals surface area contributed by atoms with Crippen molar-refractivity contribution in [2.45, 2.75) is 19.4 Å². The molecule has 21 heavy (non-hydrogen) atoms. The number of para-hydroxylation sites is 1. The number of methoxy groups -OCH3 is 1. The number of hydrogen-bond donors (Lipinski definition) is 2. The van der Waals surface area contributed by atoms with Crippen molar-refractivity contribution in [2.75, 3.05) is 7.11 Å². The fourth-order valence-electron chi connectivity index (χ4n) is 2.54. The molecule has 1 aromatic carbocycles. The standard InChI is InChI=1S/C16H19NO4/c1-21-14-9-5-2-6-11(14)10-17-15(18)12-7-3-4-8-13(12)16(19)20/h2-6,9,12-13H,7-8,10H2,1H3,(H,17,18)(H,19,20)/t12-,13+/m1/s1. The zero-order valence-electron chi connectivity index (χ0n) is 11.9. The van der Waals surface area contributed by atoms with Crippen LogP contribution in [0.3, 0.4) is 0 Å². The van der Waals surface area contributed by atoms with Gasteiger partial charge in [0.05, 0.1) is 18.9 Å². The lowest BCUT2D eigenvalue weighted by Gasteiger charge is -2.24. The van der Waals surface area contributed by atoms with Gasteiger partial charge in [0.25, 0.3) is 0 Å². The summed E-state index contributed by atoms with van der Waals surface area (Å²) in [5.41, 5.74) is 0.867. The molecule has 0 bridgehead atoms. The fourth-order valence-corrected chi connectivity index (χ4v) is 2.54. The molecule has 2 N–H and O–H groups in total. The molecule has 0 aliphatic heterocycles. The summed E-state index contributed by atoms with van der Waals surface area (Å²) in [6.07, 6.45) is 4.56. The van der Waals surface area contributed by atoms with Crippen molar-refractivity contribution in [3.63, 3.8) is 0 Å². The summed E-state index contributed by atoms with van der Waals surface area (Å²) in [5.74, 6) is -1.60. The van der Waals surface area contributed by atoms with Gasteiger partial charge in [-0.3, -0.25) is 9.59 Å². The second kappa shape index (κ2) is 6.92. The number of amides is 1. The van der Waals surface area contributed by atoms with Crippen molar-refractivity contribution >= 4 is 11.9 Å². The monoisotopic (exact) mass is 289 g/mol. The van der Waals surface area contributed by atoms with Gasteiger partial charge in [-0.05, 0) is 18.9 Å². The quantitative estimate of drug-likeness (QED) is 0.813. The molecule has 0 aromatic heterocycles. The number of rotatable bonds is 5. The highest BCUT2D eigenvalue weighted by molar-refractivity contribution is 5.85. The number of ether oxygens (including phenoxy) is 1. The number of hydrogen-bond acceptors (Lipinski definition) is 3. The van der Waals surface area contributed by atoms with E-state index in [1.165, 1.54) is 0 Å². The van der Waals surface area contributed by atoms with Crippen molar-refractivity contribution < 1.29 is 19.4 Å². The molecule has 1 aromatic rings. The fraction of sp³-hybridized carbons (Fsp3) is 0.375. The molecule has 5 nitrogen and oxygen atoms in total. The zero-order valence-corrected chi connectivity index (χ0v) is 11.9. The summed E-state index contributed by atoms with van der Waals surface area (Å²) in [4.78, 5) is 23.4. The second-order valence-corrected chi connectivity index (χ2v) is 5.02. The summed E-state index contributed by atoms with van der Waals surface area (Å²) in [6.45, 7) is 0.329. The van der Waals surface area contributed by atoms with Crippen LogP contribution in [0.2, 0.25) is 0 Å². The summed E-state index contributed by atoms with van der Waals surface area (Å²) < 4.78 is 5.23. The van der Waals surface area contributed by atoms with Gasteiger partial charge in [0.1, 0.15) is 5.75 Å². The van der Waals surface area contributed by atoms with Gasteiger partial charge in [0.2, 0.25) is 5.91 Å². The second-order valence-electron chi connectivity index (χ2n) is 5.02. The molecule has 5 heteroatoms. The third-order valence-corrected chi connectivity index (χ3v) is 3.73. The van der Waals surface area contributed by atoms with Crippen LogP contribution in [0.1, 0.15) is 18.4 Å². The maximum Gasteiger partial charge on any atom is 0.307 e. The van der Waals surface area contributed by atoms with Crippen LogP contribution < -0.4 is 10.1 Å². The minimum Gasteiger partial charge on any atom is -0.496 e. The number of aliphatic carboxylic acids is 1. The van der Waals surface area contributed by atoms with E-state index in [0.717, 1.165) is 5.56 Å². The molecule has 0 spiro atoms. The Balaban J connectivity index is 2.01. The zero-order chi connectivity index (χ0) is 15.2. The van der Waals surface area contributed by atoms with E-state index in [0.29, 0.717) is 25.1 Å². The lowest BCUT2D eigenvalue weighted by Crippen LogP contribution is -2.38. The molecule has 1 aliphatic carbocycles. The van der Waals surface area contributed by atoms with Crippen molar-refractivity contribution in [3.05, 3.63) is 42.0 Å². The summed E-state index contributed by atoms with van der Waals surface area (Å²) in [7, 11) is 1.58. The van der Waals surface area contributed by atoms with Gasteiger partial charge in [0, 0.05) is 12.1 Å². The van der Waals surface area contributed by atoms with Crippen LogP contribution in [0.5, 0.6) is 5.75 Å². The topological polar surface area (TPSA) is 75.6 Å². The number of carboxylic acid groups (broad SMARTS) is 1. The molecular formula is C16H19NO4. The van der Waals surface area contributed by atoms with Crippen LogP contribution in [0.15, 0.2) is 36.4 Å². The van der Waals surface area contributed by atoms with Gasteiger partial charge in [-0.15, -0.1) is 0 Å². The smallest absolute Gasteiger partial charge is 0.307 e. The van der Waals surface area contributed by atoms with E-state index in [-0.39, 0.29) is 5.91 Å². The average molecular weight is 289 g/mol. The molecule has 0 unspecified atom stereocenters. The largest absolute Gasteiger partial charge is 0.496 e. The van der Waals surface area contributed by atoms with E-state index in [2.05, 4.69) is 5.32 Å². The molecule has 1 aliphatic rings. The first-order valence-corrected chi connectivity index (χ1v) is 6.91. The summed E-state index contributed by atoms with van der Waals surface area (Å²) in [5, 5.41) is 12.0. The maximum absolute atomic E-state index is 12.2. The molecule has 112 valence electrons. The van der Waals surface area contributed by atoms with E-state index >= 15 is 0 Å². The van der Waals surface area contributed by atoms with Gasteiger partial charge in [-0.2, -0.15) is 0 Å². The Morgan fingerprint density at radius 2 is 1.90 bits per heavy atom. The van der Waals surface area contributed by atoms with Crippen molar-refractivity contribution in [1.82, 2.24) is 5.32 Å². The van der Waals surface area contributed by atoms with Crippen molar-refractivity contribution in [3.8, 4) is 5.75 Å². The molecule has 0 saturated carbocycles. The van der Waals surface area contributed by atoms with E-state index in [1.807, 2.05) is 36.4 Å². The first-order chi connectivity index (χ1) is 10.1. The van der Waals surface area contributed by atoms with Crippen LogP contribution in [0, 0.1) is 11.8 Å². The Morgan fingerprint density at radius 1 is 1.24 bits per heavy atom. The molecule has 0 fully saturated rings. The summed E-state index contributed by atoms with van der Waals surface area (Å²) in [6, 6.07) is 7.42. The van der Waals surface area contributed by atoms with Crippen molar-refractivity contribution in [2.24, 2.45) is 11.8 Å². The maximum atomic E-state index is 12.2. The predicted octanol–water partition coefficient (Wildman–Crippen LogP) is 1.98. The third kappa shape index (κ3) is 3.62. The van der Waals surface area contributed by atoms with Gasteiger partial charge < -0.3 is 15.2 Å². The molecule has 2 atom stereocenters. The molecule has 0 saturated heterocycles. The number of carbonyl (C=O) groups excluding carboxylic acids is 1. The summed E-state index contributed by atoms with van der Waals surface area (Å²) >= 11 is 0. The highest BCUT2D eigenvalue weighted by Crippen LogP contribution is 2.26. The predicted molar refractivity (Wildman–Crippen MR) is 77.8 cm³/mol. The number of allylic oxidation sites excluding steroid dienone is 2. The van der Waals surface area contributed by atoms with Gasteiger partial charge >= 0.3 is 5.97 Å².